The van der Waals surface area contributed by atoms with Gasteiger partial charge < -0.3 is 15.4 Å². The van der Waals surface area contributed by atoms with Crippen molar-refractivity contribution < 1.29 is 19.1 Å². The number of carbonyl (C=O) groups excluding carboxylic acids is 3. The van der Waals surface area contributed by atoms with Crippen LogP contribution in [0.5, 0.6) is 0 Å². The lowest BCUT2D eigenvalue weighted by atomic mass is 10.0. The highest BCUT2D eigenvalue weighted by Gasteiger charge is 2.31. The minimum Gasteiger partial charge on any atom is -0.452 e. The first kappa shape index (κ1) is 16.5. The third kappa shape index (κ3) is 4.07. The molecule has 0 saturated carbocycles. The molecule has 0 aliphatic carbocycles. The van der Waals surface area contributed by atoms with E-state index in [9.17, 15) is 14.4 Å². The lowest BCUT2D eigenvalue weighted by Crippen LogP contribution is -2.51. The molecule has 1 atom stereocenters. The molecule has 7 heteroatoms. The van der Waals surface area contributed by atoms with E-state index < -0.39 is 30.4 Å². The van der Waals surface area contributed by atoms with Crippen LogP contribution in [0.1, 0.15) is 35.2 Å². The summed E-state index contributed by atoms with van der Waals surface area (Å²) in [5.41, 5.74) is 5.83. The molecule has 7 nitrogen and oxygen atoms in total. The average Bonchev–Trinajstić information content (AvgIpc) is 2.59. The predicted octanol–water partition coefficient (Wildman–Crippen LogP) is 0.581. The molecule has 0 unspecified atom stereocenters. The quantitative estimate of drug-likeness (QED) is 0.816. The molecule has 1 fully saturated rings. The lowest BCUT2D eigenvalue weighted by Gasteiger charge is -2.33. The number of carbonyl (C=O) groups is 3. The summed E-state index contributed by atoms with van der Waals surface area (Å²) in [6, 6.07) is 7.29. The summed E-state index contributed by atoms with van der Waals surface area (Å²) in [6.07, 6.45) is 2.14. The van der Waals surface area contributed by atoms with Crippen molar-refractivity contribution in [1.82, 2.24) is 4.90 Å². The number of benzene rings is 1. The Morgan fingerprint density at radius 1 is 1.35 bits per heavy atom. The number of nitriles is 1. The molecule has 1 aromatic carbocycles. The van der Waals surface area contributed by atoms with Crippen molar-refractivity contribution in [2.45, 2.75) is 25.3 Å². The van der Waals surface area contributed by atoms with Crippen LogP contribution in [0, 0.1) is 11.3 Å². The number of likely N-dealkylation sites (tertiary alicyclic amines) is 1. The summed E-state index contributed by atoms with van der Waals surface area (Å²) in [4.78, 5) is 36.8. The topological polar surface area (TPSA) is 113 Å². The largest absolute Gasteiger partial charge is 0.452 e. The van der Waals surface area contributed by atoms with Crippen molar-refractivity contribution >= 4 is 17.8 Å². The number of ether oxygens (including phenoxy) is 1. The van der Waals surface area contributed by atoms with Crippen LogP contribution in [-0.2, 0) is 14.3 Å². The summed E-state index contributed by atoms with van der Waals surface area (Å²) in [7, 11) is 0. The second kappa shape index (κ2) is 7.40. The monoisotopic (exact) mass is 315 g/mol. The fraction of sp³-hybridized carbons (Fsp3) is 0.375. The van der Waals surface area contributed by atoms with Crippen molar-refractivity contribution in [3.05, 3.63) is 35.4 Å². The number of amides is 2. The third-order valence-corrected chi connectivity index (χ3v) is 3.71. The van der Waals surface area contributed by atoms with Gasteiger partial charge in [-0.25, -0.2) is 4.79 Å². The lowest BCUT2D eigenvalue weighted by molar-refractivity contribution is -0.143. The SMILES string of the molecule is N#Cc1cccc(C(=O)OCC(=O)N2CCCC[C@@H]2C(N)=O)c1. The van der Waals surface area contributed by atoms with Crippen LogP contribution in [0.25, 0.3) is 0 Å². The van der Waals surface area contributed by atoms with E-state index >= 15 is 0 Å². The van der Waals surface area contributed by atoms with Gasteiger partial charge in [0.05, 0.1) is 17.2 Å². The predicted molar refractivity (Wildman–Crippen MR) is 80.0 cm³/mol. The Hall–Kier alpha value is -2.88. The van der Waals surface area contributed by atoms with Crippen molar-refractivity contribution in [2.24, 2.45) is 5.73 Å². The number of hydrogen-bond acceptors (Lipinski definition) is 5. The van der Waals surface area contributed by atoms with E-state index in [-0.39, 0.29) is 5.56 Å². The van der Waals surface area contributed by atoms with E-state index in [4.69, 9.17) is 15.7 Å². The number of nitrogens with two attached hydrogens (primary N) is 1. The summed E-state index contributed by atoms with van der Waals surface area (Å²) in [6.45, 7) is -0.0344. The van der Waals surface area contributed by atoms with Crippen LogP contribution in [0.4, 0.5) is 0 Å². The van der Waals surface area contributed by atoms with Crippen LogP contribution < -0.4 is 5.73 Å². The Balaban J connectivity index is 1.96. The molecule has 1 heterocycles. The molecule has 2 rings (SSSR count). The van der Waals surface area contributed by atoms with Crippen molar-refractivity contribution in [2.75, 3.05) is 13.2 Å². The van der Waals surface area contributed by atoms with Gasteiger partial charge in [0.25, 0.3) is 5.91 Å². The summed E-state index contributed by atoms with van der Waals surface area (Å²) in [5.74, 6) is -1.69. The summed E-state index contributed by atoms with van der Waals surface area (Å²) in [5, 5.41) is 8.81. The van der Waals surface area contributed by atoms with Gasteiger partial charge in [-0.15, -0.1) is 0 Å². The van der Waals surface area contributed by atoms with Gasteiger partial charge in [0.1, 0.15) is 6.04 Å². The Kier molecular flexibility index (Phi) is 5.31. The molecule has 2 N–H and O–H groups in total. The Morgan fingerprint density at radius 3 is 2.83 bits per heavy atom. The Labute approximate surface area is 133 Å². The maximum atomic E-state index is 12.2. The maximum absolute atomic E-state index is 12.2. The zero-order chi connectivity index (χ0) is 16.8. The van der Waals surface area contributed by atoms with Crippen molar-refractivity contribution in [3.63, 3.8) is 0 Å². The fourth-order valence-electron chi connectivity index (χ4n) is 2.54. The highest BCUT2D eigenvalue weighted by atomic mass is 16.5. The first-order valence-electron chi connectivity index (χ1n) is 7.29. The molecule has 1 saturated heterocycles. The molecule has 1 aliphatic heterocycles. The van der Waals surface area contributed by atoms with Gasteiger partial charge in [-0.3, -0.25) is 9.59 Å². The van der Waals surface area contributed by atoms with E-state index in [1.165, 1.54) is 17.0 Å². The van der Waals surface area contributed by atoms with Gasteiger partial charge in [0.15, 0.2) is 6.61 Å². The van der Waals surface area contributed by atoms with E-state index in [0.717, 1.165) is 12.8 Å². The van der Waals surface area contributed by atoms with Gasteiger partial charge in [0, 0.05) is 6.54 Å². The van der Waals surface area contributed by atoms with Gasteiger partial charge in [-0.1, -0.05) is 6.07 Å². The molecule has 1 aliphatic rings. The number of primary amides is 1. The minimum absolute atomic E-state index is 0.196. The molecule has 0 spiro atoms. The van der Waals surface area contributed by atoms with Crippen LogP contribution >= 0.6 is 0 Å². The molecule has 23 heavy (non-hydrogen) atoms. The zero-order valence-electron chi connectivity index (χ0n) is 12.5. The number of rotatable bonds is 4. The van der Waals surface area contributed by atoms with Gasteiger partial charge in [-0.05, 0) is 37.5 Å². The molecule has 0 bridgehead atoms. The maximum Gasteiger partial charge on any atom is 0.338 e. The van der Waals surface area contributed by atoms with E-state index in [0.29, 0.717) is 18.5 Å². The van der Waals surface area contributed by atoms with Crippen LogP contribution in [0.3, 0.4) is 0 Å². The normalized spacial score (nSPS) is 17.2. The first-order valence-corrected chi connectivity index (χ1v) is 7.29. The second-order valence-corrected chi connectivity index (χ2v) is 5.27. The first-order chi connectivity index (χ1) is 11.0. The van der Waals surface area contributed by atoms with Crippen LogP contribution in [0.15, 0.2) is 24.3 Å². The fourth-order valence-corrected chi connectivity index (χ4v) is 2.54. The highest BCUT2D eigenvalue weighted by Crippen LogP contribution is 2.17. The van der Waals surface area contributed by atoms with Crippen LogP contribution in [0.2, 0.25) is 0 Å². The van der Waals surface area contributed by atoms with Crippen molar-refractivity contribution in [3.8, 4) is 6.07 Å². The number of esters is 1. The summed E-state index contributed by atoms with van der Waals surface area (Å²) >= 11 is 0. The standard InChI is InChI=1S/C16H17N3O4/c17-9-11-4-3-5-12(8-11)16(22)23-10-14(20)19-7-2-1-6-13(19)15(18)21/h3-5,8,13H,1-2,6-7,10H2,(H2,18,21)/t13-/m1/s1. The molecule has 2 amide bonds. The zero-order valence-corrected chi connectivity index (χ0v) is 12.5. The number of hydrogen-bond donors (Lipinski definition) is 1. The van der Waals surface area contributed by atoms with Gasteiger partial charge in [0.2, 0.25) is 5.91 Å². The van der Waals surface area contributed by atoms with Gasteiger partial charge >= 0.3 is 5.97 Å². The smallest absolute Gasteiger partial charge is 0.338 e. The second-order valence-electron chi connectivity index (χ2n) is 5.27. The van der Waals surface area contributed by atoms with Gasteiger partial charge in [-0.2, -0.15) is 5.26 Å². The minimum atomic E-state index is -0.692. The Morgan fingerprint density at radius 2 is 2.13 bits per heavy atom. The van der Waals surface area contributed by atoms with E-state index in [1.807, 2.05) is 6.07 Å². The molecule has 120 valence electrons. The van der Waals surface area contributed by atoms with Crippen LogP contribution in [-0.4, -0.2) is 41.9 Å². The third-order valence-electron chi connectivity index (χ3n) is 3.71. The number of nitrogens with zero attached hydrogens (tertiary/aromatic N) is 2. The average molecular weight is 315 g/mol. The number of piperidine rings is 1. The molecule has 0 radical (unpaired) electrons. The van der Waals surface area contributed by atoms with Crippen molar-refractivity contribution in [1.29, 1.82) is 5.26 Å². The molecular weight excluding hydrogens is 298 g/mol. The van der Waals surface area contributed by atoms with E-state index in [1.54, 1.807) is 12.1 Å². The molecular formula is C16H17N3O4. The highest BCUT2D eigenvalue weighted by molar-refractivity contribution is 5.92. The molecule has 1 aromatic rings. The van der Waals surface area contributed by atoms with E-state index in [2.05, 4.69) is 0 Å². The molecule has 0 aromatic heterocycles. The summed E-state index contributed by atoms with van der Waals surface area (Å²) < 4.78 is 4.98. The Bertz CT molecular complexity index is 666.